The van der Waals surface area contributed by atoms with Crippen LogP contribution >= 0.6 is 0 Å². The number of nitrogens with zero attached hydrogens (tertiary/aromatic N) is 4. The van der Waals surface area contributed by atoms with Crippen LogP contribution in [0.1, 0.15) is 38.0 Å². The highest BCUT2D eigenvalue weighted by atomic mass is 16.3. The van der Waals surface area contributed by atoms with Gasteiger partial charge in [0.25, 0.3) is 0 Å². The molecule has 0 radical (unpaired) electrons. The number of anilines is 1. The van der Waals surface area contributed by atoms with Gasteiger partial charge in [-0.2, -0.15) is 0 Å². The first-order valence-electron chi connectivity index (χ1n) is 10.5. The Kier molecular flexibility index (Phi) is 4.66. The van der Waals surface area contributed by atoms with Crippen LogP contribution < -0.4 is 10.2 Å². The fraction of sp³-hybridized carbons (Fsp3) is 0.455. The van der Waals surface area contributed by atoms with Crippen molar-refractivity contribution in [2.75, 3.05) is 18.0 Å². The van der Waals surface area contributed by atoms with E-state index in [1.165, 1.54) is 0 Å². The molecule has 8 heteroatoms. The van der Waals surface area contributed by atoms with E-state index in [1.54, 1.807) is 18.6 Å². The standard InChI is InChI=1S/C22H26N6O2/c1-14(18(29)17-4-2-3-9-23-17)27-21(30)16-6-11-28(12-22(16)7-8-22)20-15-5-10-24-19(15)25-13-26-20/h2-5,9-10,13-14,16,18,29H,6-8,11-12H2,1H3,(H,27,30)(H,24,25,26)/t14?,16-,18-/m1/s1. The van der Waals surface area contributed by atoms with Gasteiger partial charge in [-0.1, -0.05) is 6.07 Å². The summed E-state index contributed by atoms with van der Waals surface area (Å²) in [5, 5.41) is 14.6. The molecule has 3 atom stereocenters. The summed E-state index contributed by atoms with van der Waals surface area (Å²) in [6, 6.07) is 7.02. The molecule has 156 valence electrons. The molecule has 1 aliphatic carbocycles. The van der Waals surface area contributed by atoms with Crippen LogP contribution in [0.4, 0.5) is 5.82 Å². The third-order valence-electron chi connectivity index (χ3n) is 6.61. The minimum absolute atomic E-state index is 0.00835. The smallest absolute Gasteiger partial charge is 0.224 e. The summed E-state index contributed by atoms with van der Waals surface area (Å²) in [5.41, 5.74) is 1.40. The number of aliphatic hydroxyl groups excluding tert-OH is 1. The number of rotatable bonds is 5. The minimum Gasteiger partial charge on any atom is -0.385 e. The highest BCUT2D eigenvalue weighted by molar-refractivity contribution is 5.87. The van der Waals surface area contributed by atoms with Crippen LogP contribution in [0.3, 0.4) is 0 Å². The lowest BCUT2D eigenvalue weighted by atomic mass is 9.81. The molecule has 4 heterocycles. The van der Waals surface area contributed by atoms with E-state index in [0.717, 1.165) is 49.2 Å². The number of fused-ring (bicyclic) bond motifs is 1. The van der Waals surface area contributed by atoms with Gasteiger partial charge in [-0.3, -0.25) is 9.78 Å². The van der Waals surface area contributed by atoms with Crippen molar-refractivity contribution in [2.24, 2.45) is 11.3 Å². The van der Waals surface area contributed by atoms with E-state index in [9.17, 15) is 9.90 Å². The molecule has 3 N–H and O–H groups in total. The van der Waals surface area contributed by atoms with Crippen molar-refractivity contribution in [1.82, 2.24) is 25.3 Å². The number of piperidine rings is 1. The maximum Gasteiger partial charge on any atom is 0.224 e. The number of nitrogens with one attached hydrogen (secondary N) is 2. The van der Waals surface area contributed by atoms with Gasteiger partial charge >= 0.3 is 0 Å². The number of carbonyl (C=O) groups is 1. The van der Waals surface area contributed by atoms with Crippen LogP contribution in [0, 0.1) is 11.3 Å². The second-order valence-electron chi connectivity index (χ2n) is 8.56. The Morgan fingerprint density at radius 2 is 2.17 bits per heavy atom. The van der Waals surface area contributed by atoms with Crippen LogP contribution in [0.2, 0.25) is 0 Å². The largest absolute Gasteiger partial charge is 0.385 e. The molecule has 1 unspecified atom stereocenters. The maximum atomic E-state index is 13.1. The van der Waals surface area contributed by atoms with Gasteiger partial charge in [0.2, 0.25) is 5.91 Å². The summed E-state index contributed by atoms with van der Waals surface area (Å²) >= 11 is 0. The van der Waals surface area contributed by atoms with Gasteiger partial charge in [-0.05, 0) is 49.8 Å². The normalized spacial score (nSPS) is 22.1. The molecule has 0 bridgehead atoms. The molecule has 2 aliphatic rings. The van der Waals surface area contributed by atoms with Gasteiger partial charge in [0.15, 0.2) is 0 Å². The summed E-state index contributed by atoms with van der Waals surface area (Å²) in [4.78, 5) is 31.6. The summed E-state index contributed by atoms with van der Waals surface area (Å²) < 4.78 is 0. The van der Waals surface area contributed by atoms with Crippen molar-refractivity contribution < 1.29 is 9.90 Å². The summed E-state index contributed by atoms with van der Waals surface area (Å²) in [6.45, 7) is 3.42. The molecule has 2 fully saturated rings. The van der Waals surface area contributed by atoms with Gasteiger partial charge in [0.1, 0.15) is 23.9 Å². The third kappa shape index (κ3) is 3.31. The SMILES string of the molecule is CC(NC(=O)[C@H]1CCN(c2ncnc3[nH]ccc23)CC12CC2)[C@@H](O)c1ccccn1. The molecule has 8 nitrogen and oxygen atoms in total. The first-order chi connectivity index (χ1) is 14.6. The van der Waals surface area contributed by atoms with E-state index >= 15 is 0 Å². The topological polar surface area (TPSA) is 107 Å². The van der Waals surface area contributed by atoms with Gasteiger partial charge in [0, 0.05) is 31.4 Å². The van der Waals surface area contributed by atoms with Crippen LogP contribution in [0.25, 0.3) is 11.0 Å². The lowest BCUT2D eigenvalue weighted by Gasteiger charge is -2.39. The van der Waals surface area contributed by atoms with E-state index in [2.05, 4.69) is 30.2 Å². The average molecular weight is 406 g/mol. The van der Waals surface area contributed by atoms with Crippen LogP contribution in [-0.4, -0.2) is 50.1 Å². The Balaban J connectivity index is 1.28. The highest BCUT2D eigenvalue weighted by Crippen LogP contribution is 2.56. The van der Waals surface area contributed by atoms with E-state index in [0.29, 0.717) is 5.69 Å². The predicted molar refractivity (Wildman–Crippen MR) is 113 cm³/mol. The number of aromatic nitrogens is 4. The molecule has 1 saturated heterocycles. The zero-order valence-corrected chi connectivity index (χ0v) is 17.0. The second-order valence-corrected chi connectivity index (χ2v) is 8.56. The van der Waals surface area contributed by atoms with Gasteiger partial charge in [-0.15, -0.1) is 0 Å². The molecular formula is C22H26N6O2. The number of hydrogen-bond acceptors (Lipinski definition) is 6. The quantitative estimate of drug-likeness (QED) is 0.600. The number of hydrogen-bond donors (Lipinski definition) is 3. The van der Waals surface area contributed by atoms with E-state index in [4.69, 9.17) is 0 Å². The molecule has 1 spiro atoms. The Labute approximate surface area is 174 Å². The number of carbonyl (C=O) groups excluding carboxylic acids is 1. The van der Waals surface area contributed by atoms with Crippen LogP contribution in [0.5, 0.6) is 0 Å². The fourth-order valence-electron chi connectivity index (χ4n) is 4.74. The molecule has 3 aromatic rings. The van der Waals surface area contributed by atoms with Gasteiger partial charge in [0.05, 0.1) is 17.1 Å². The summed E-state index contributed by atoms with van der Waals surface area (Å²) in [6.07, 6.45) is 7.15. The molecule has 0 aromatic carbocycles. The van der Waals surface area contributed by atoms with Crippen LogP contribution in [0.15, 0.2) is 43.0 Å². The van der Waals surface area contributed by atoms with Crippen molar-refractivity contribution in [2.45, 2.75) is 38.3 Å². The Morgan fingerprint density at radius 3 is 2.93 bits per heavy atom. The third-order valence-corrected chi connectivity index (χ3v) is 6.61. The van der Waals surface area contributed by atoms with E-state index in [1.807, 2.05) is 31.3 Å². The Morgan fingerprint density at radius 1 is 1.30 bits per heavy atom. The number of aliphatic hydroxyl groups is 1. The molecule has 30 heavy (non-hydrogen) atoms. The summed E-state index contributed by atoms with van der Waals surface area (Å²) in [5.74, 6) is 0.921. The van der Waals surface area contributed by atoms with Crippen molar-refractivity contribution in [3.63, 3.8) is 0 Å². The fourth-order valence-corrected chi connectivity index (χ4v) is 4.74. The monoisotopic (exact) mass is 406 g/mol. The molecule has 3 aromatic heterocycles. The first-order valence-corrected chi connectivity index (χ1v) is 10.5. The van der Waals surface area contributed by atoms with Gasteiger partial charge in [-0.25, -0.2) is 9.97 Å². The highest BCUT2D eigenvalue weighted by Gasteiger charge is 2.55. The molecule has 5 rings (SSSR count). The van der Waals surface area contributed by atoms with Crippen molar-refractivity contribution in [3.8, 4) is 0 Å². The first kappa shape index (κ1) is 19.0. The zero-order valence-electron chi connectivity index (χ0n) is 17.0. The van der Waals surface area contributed by atoms with Crippen molar-refractivity contribution >= 4 is 22.8 Å². The number of H-pyrrole nitrogens is 1. The molecule has 1 saturated carbocycles. The van der Waals surface area contributed by atoms with E-state index < -0.39 is 12.1 Å². The minimum atomic E-state index is -0.826. The summed E-state index contributed by atoms with van der Waals surface area (Å²) in [7, 11) is 0. The van der Waals surface area contributed by atoms with Crippen molar-refractivity contribution in [3.05, 3.63) is 48.7 Å². The van der Waals surface area contributed by atoms with Gasteiger partial charge < -0.3 is 20.3 Å². The maximum absolute atomic E-state index is 13.1. The number of pyridine rings is 1. The molecular weight excluding hydrogens is 380 g/mol. The van der Waals surface area contributed by atoms with Crippen LogP contribution in [-0.2, 0) is 4.79 Å². The number of aromatic amines is 1. The average Bonchev–Trinajstić information content (AvgIpc) is 3.34. The zero-order chi connectivity index (χ0) is 20.7. The molecule has 1 amide bonds. The lowest BCUT2D eigenvalue weighted by molar-refractivity contribution is -0.129. The van der Waals surface area contributed by atoms with Crippen molar-refractivity contribution in [1.29, 1.82) is 0 Å². The predicted octanol–water partition coefficient (Wildman–Crippen LogP) is 2.20. The Hall–Kier alpha value is -3.00. The Bertz CT molecular complexity index is 1050. The second kappa shape index (κ2) is 7.36. The number of amides is 1. The lowest BCUT2D eigenvalue weighted by Crippen LogP contribution is -2.50. The van der Waals surface area contributed by atoms with E-state index in [-0.39, 0.29) is 17.2 Å². The molecule has 1 aliphatic heterocycles.